The molecule has 0 unspecified atom stereocenters. The molecular formula is C13H13ClN2O. The van der Waals surface area contributed by atoms with E-state index < -0.39 is 0 Å². The van der Waals surface area contributed by atoms with Gasteiger partial charge in [-0.2, -0.15) is 0 Å². The molecule has 2 rings (SSSR count). The molecule has 0 aliphatic heterocycles. The number of aryl methyl sites for hydroxylation is 2. The molecule has 1 aromatic carbocycles. The van der Waals surface area contributed by atoms with E-state index in [9.17, 15) is 0 Å². The summed E-state index contributed by atoms with van der Waals surface area (Å²) in [6.07, 6.45) is 0. The number of benzene rings is 1. The van der Waals surface area contributed by atoms with Crippen LogP contribution >= 0.6 is 11.6 Å². The molecule has 0 spiro atoms. The number of ether oxygens (including phenoxy) is 1. The number of methoxy groups -OCH3 is 1. The van der Waals surface area contributed by atoms with Crippen LogP contribution in [-0.2, 0) is 0 Å². The van der Waals surface area contributed by atoms with Gasteiger partial charge in [-0.15, -0.1) is 0 Å². The number of rotatable bonds is 2. The topological polar surface area (TPSA) is 35.0 Å². The van der Waals surface area contributed by atoms with Crippen molar-refractivity contribution in [1.82, 2.24) is 9.97 Å². The highest BCUT2D eigenvalue weighted by atomic mass is 35.5. The SMILES string of the molecule is COc1ccc(-c2cc(C)nc(C)n2)cc1Cl. The van der Waals surface area contributed by atoms with Gasteiger partial charge >= 0.3 is 0 Å². The summed E-state index contributed by atoms with van der Waals surface area (Å²) in [4.78, 5) is 8.64. The molecule has 0 saturated heterocycles. The van der Waals surface area contributed by atoms with Crippen LogP contribution < -0.4 is 4.74 Å². The Morgan fingerprint density at radius 1 is 1.12 bits per heavy atom. The van der Waals surface area contributed by atoms with Crippen molar-refractivity contribution in [2.75, 3.05) is 7.11 Å². The van der Waals surface area contributed by atoms with Crippen LogP contribution in [0.1, 0.15) is 11.5 Å². The van der Waals surface area contributed by atoms with Crippen LogP contribution in [-0.4, -0.2) is 17.1 Å². The van der Waals surface area contributed by atoms with Crippen LogP contribution in [0.15, 0.2) is 24.3 Å². The van der Waals surface area contributed by atoms with Gasteiger partial charge in [-0.1, -0.05) is 11.6 Å². The van der Waals surface area contributed by atoms with Crippen LogP contribution in [0.3, 0.4) is 0 Å². The van der Waals surface area contributed by atoms with E-state index in [0.717, 1.165) is 22.8 Å². The first-order chi connectivity index (χ1) is 8.10. The van der Waals surface area contributed by atoms with E-state index in [-0.39, 0.29) is 0 Å². The van der Waals surface area contributed by atoms with E-state index in [1.165, 1.54) is 0 Å². The highest BCUT2D eigenvalue weighted by Gasteiger charge is 2.06. The predicted molar refractivity (Wildman–Crippen MR) is 68.5 cm³/mol. The summed E-state index contributed by atoms with van der Waals surface area (Å²) in [5.41, 5.74) is 2.78. The lowest BCUT2D eigenvalue weighted by atomic mass is 10.1. The number of hydrogen-bond donors (Lipinski definition) is 0. The Labute approximate surface area is 105 Å². The van der Waals surface area contributed by atoms with Crippen molar-refractivity contribution < 1.29 is 4.74 Å². The summed E-state index contributed by atoms with van der Waals surface area (Å²) in [5.74, 6) is 1.42. The molecule has 4 heteroatoms. The molecule has 0 N–H and O–H groups in total. The second-order valence-corrected chi connectivity index (χ2v) is 4.20. The number of nitrogens with zero attached hydrogens (tertiary/aromatic N) is 2. The van der Waals surface area contributed by atoms with Gasteiger partial charge in [0.2, 0.25) is 0 Å². The van der Waals surface area contributed by atoms with Crippen LogP contribution in [0.5, 0.6) is 5.75 Å². The Balaban J connectivity index is 2.49. The fourth-order valence-corrected chi connectivity index (χ4v) is 1.95. The number of hydrogen-bond acceptors (Lipinski definition) is 3. The Hall–Kier alpha value is -1.61. The Kier molecular flexibility index (Phi) is 3.29. The summed E-state index contributed by atoms with van der Waals surface area (Å²) in [7, 11) is 1.60. The molecular weight excluding hydrogens is 236 g/mol. The third-order valence-electron chi connectivity index (χ3n) is 2.41. The summed E-state index contributed by atoms with van der Waals surface area (Å²) in [6.45, 7) is 3.82. The lowest BCUT2D eigenvalue weighted by molar-refractivity contribution is 0.415. The first-order valence-electron chi connectivity index (χ1n) is 5.26. The summed E-state index contributed by atoms with van der Waals surface area (Å²) >= 11 is 6.09. The van der Waals surface area contributed by atoms with Gasteiger partial charge in [-0.3, -0.25) is 0 Å². The van der Waals surface area contributed by atoms with Crippen molar-refractivity contribution in [3.8, 4) is 17.0 Å². The molecule has 0 aliphatic carbocycles. The molecule has 0 bridgehead atoms. The smallest absolute Gasteiger partial charge is 0.137 e. The molecule has 3 nitrogen and oxygen atoms in total. The number of halogens is 1. The van der Waals surface area contributed by atoms with Crippen LogP contribution in [0.2, 0.25) is 5.02 Å². The van der Waals surface area contributed by atoms with E-state index in [1.807, 2.05) is 38.1 Å². The minimum Gasteiger partial charge on any atom is -0.495 e. The minimum atomic E-state index is 0.582. The van der Waals surface area contributed by atoms with Gasteiger partial charge in [0.25, 0.3) is 0 Å². The molecule has 0 atom stereocenters. The van der Waals surface area contributed by atoms with Crippen molar-refractivity contribution in [1.29, 1.82) is 0 Å². The quantitative estimate of drug-likeness (QED) is 0.817. The fourth-order valence-electron chi connectivity index (χ4n) is 1.69. The van der Waals surface area contributed by atoms with E-state index in [0.29, 0.717) is 10.8 Å². The van der Waals surface area contributed by atoms with Crippen molar-refractivity contribution >= 4 is 11.6 Å². The molecule has 0 radical (unpaired) electrons. The van der Waals surface area contributed by atoms with E-state index >= 15 is 0 Å². The number of aromatic nitrogens is 2. The maximum Gasteiger partial charge on any atom is 0.137 e. The van der Waals surface area contributed by atoms with Gasteiger partial charge in [0.05, 0.1) is 17.8 Å². The Morgan fingerprint density at radius 2 is 1.88 bits per heavy atom. The first-order valence-corrected chi connectivity index (χ1v) is 5.64. The average Bonchev–Trinajstić information content (AvgIpc) is 2.27. The van der Waals surface area contributed by atoms with Gasteiger partial charge in [0, 0.05) is 11.3 Å². The highest BCUT2D eigenvalue weighted by molar-refractivity contribution is 6.32. The summed E-state index contributed by atoms with van der Waals surface area (Å²) in [5, 5.41) is 0.582. The third kappa shape index (κ3) is 2.56. The molecule has 0 saturated carbocycles. The average molecular weight is 249 g/mol. The van der Waals surface area contributed by atoms with Crippen LogP contribution in [0.4, 0.5) is 0 Å². The van der Waals surface area contributed by atoms with Crippen LogP contribution in [0.25, 0.3) is 11.3 Å². The molecule has 88 valence electrons. The highest BCUT2D eigenvalue weighted by Crippen LogP contribution is 2.29. The van der Waals surface area contributed by atoms with E-state index in [1.54, 1.807) is 7.11 Å². The maximum atomic E-state index is 6.09. The molecule has 0 aliphatic rings. The van der Waals surface area contributed by atoms with Gasteiger partial charge in [-0.25, -0.2) is 9.97 Å². The van der Waals surface area contributed by atoms with Gasteiger partial charge < -0.3 is 4.74 Å². The second-order valence-electron chi connectivity index (χ2n) is 3.79. The molecule has 0 amide bonds. The standard InChI is InChI=1S/C13H13ClN2O/c1-8-6-12(16-9(2)15-8)10-4-5-13(17-3)11(14)7-10/h4-7H,1-3H3. The zero-order valence-corrected chi connectivity index (χ0v) is 10.7. The van der Waals surface area contributed by atoms with Gasteiger partial charge in [-0.05, 0) is 38.1 Å². The lowest BCUT2D eigenvalue weighted by Crippen LogP contribution is -1.94. The zero-order valence-electron chi connectivity index (χ0n) is 9.99. The van der Waals surface area contributed by atoms with Crippen molar-refractivity contribution in [3.63, 3.8) is 0 Å². The third-order valence-corrected chi connectivity index (χ3v) is 2.71. The monoisotopic (exact) mass is 248 g/mol. The Bertz CT molecular complexity index is 535. The van der Waals surface area contributed by atoms with E-state index in [2.05, 4.69) is 9.97 Å². The summed E-state index contributed by atoms with van der Waals surface area (Å²) in [6, 6.07) is 7.56. The predicted octanol–water partition coefficient (Wildman–Crippen LogP) is 3.42. The zero-order chi connectivity index (χ0) is 12.4. The van der Waals surface area contributed by atoms with Gasteiger partial charge in [0.15, 0.2) is 0 Å². The van der Waals surface area contributed by atoms with Crippen molar-refractivity contribution in [2.45, 2.75) is 13.8 Å². The maximum absolute atomic E-state index is 6.09. The summed E-state index contributed by atoms with van der Waals surface area (Å²) < 4.78 is 5.12. The normalized spacial score (nSPS) is 10.4. The fraction of sp³-hybridized carbons (Fsp3) is 0.231. The van der Waals surface area contributed by atoms with Crippen LogP contribution in [0, 0.1) is 13.8 Å². The molecule has 2 aromatic rings. The van der Waals surface area contributed by atoms with Crippen molar-refractivity contribution in [3.05, 3.63) is 40.8 Å². The van der Waals surface area contributed by atoms with E-state index in [4.69, 9.17) is 16.3 Å². The first kappa shape index (κ1) is 11.9. The molecule has 1 heterocycles. The lowest BCUT2D eigenvalue weighted by Gasteiger charge is -2.07. The molecule has 1 aromatic heterocycles. The minimum absolute atomic E-state index is 0.582. The Morgan fingerprint density at radius 3 is 2.47 bits per heavy atom. The van der Waals surface area contributed by atoms with Gasteiger partial charge in [0.1, 0.15) is 11.6 Å². The van der Waals surface area contributed by atoms with Crippen molar-refractivity contribution in [2.24, 2.45) is 0 Å². The molecule has 0 fully saturated rings. The molecule has 17 heavy (non-hydrogen) atoms. The largest absolute Gasteiger partial charge is 0.495 e. The second kappa shape index (κ2) is 4.72.